The lowest BCUT2D eigenvalue weighted by Gasteiger charge is -2.54. The van der Waals surface area contributed by atoms with Gasteiger partial charge in [0.05, 0.1) is 17.9 Å². The van der Waals surface area contributed by atoms with Crippen molar-refractivity contribution in [1.82, 2.24) is 34.3 Å². The lowest BCUT2D eigenvalue weighted by Crippen LogP contribution is -2.63. The molecule has 4 aromatic rings. The Morgan fingerprint density at radius 3 is 2.82 bits per heavy atom. The topological polar surface area (TPSA) is 84.4 Å². The maximum atomic E-state index is 4.66. The molecule has 2 fully saturated rings. The van der Waals surface area contributed by atoms with Crippen LogP contribution in [0.25, 0.3) is 22.4 Å². The van der Waals surface area contributed by atoms with Gasteiger partial charge in [-0.15, -0.1) is 5.10 Å². The van der Waals surface area contributed by atoms with Crippen molar-refractivity contribution < 1.29 is 0 Å². The van der Waals surface area contributed by atoms with Crippen LogP contribution in [0.4, 0.5) is 5.95 Å². The fourth-order valence-corrected chi connectivity index (χ4v) is 4.57. The van der Waals surface area contributed by atoms with Crippen molar-refractivity contribution in [1.29, 1.82) is 0 Å². The van der Waals surface area contributed by atoms with Gasteiger partial charge in [0.1, 0.15) is 0 Å². The zero-order valence-electron chi connectivity index (χ0n) is 15.8. The lowest BCUT2D eigenvalue weighted by molar-refractivity contribution is 0.0467. The molecule has 2 N–H and O–H groups in total. The molecule has 0 atom stereocenters. The first-order chi connectivity index (χ1) is 13.7. The summed E-state index contributed by atoms with van der Waals surface area (Å²) in [4.78, 5) is 13.4. The van der Waals surface area contributed by atoms with E-state index >= 15 is 0 Å². The van der Waals surface area contributed by atoms with E-state index in [4.69, 9.17) is 0 Å². The molecule has 1 spiro atoms. The molecule has 0 bridgehead atoms. The number of fused-ring (bicyclic) bond motifs is 2. The highest BCUT2D eigenvalue weighted by Gasteiger charge is 2.48. The van der Waals surface area contributed by atoms with Crippen LogP contribution >= 0.6 is 0 Å². The van der Waals surface area contributed by atoms with Gasteiger partial charge in [0.2, 0.25) is 11.7 Å². The first kappa shape index (κ1) is 16.0. The highest BCUT2D eigenvalue weighted by atomic mass is 15.3. The second-order valence-electron chi connectivity index (χ2n) is 8.11. The highest BCUT2D eigenvalue weighted by molar-refractivity contribution is 5.79. The minimum absolute atomic E-state index is 0.481. The zero-order chi connectivity index (χ0) is 18.7. The number of nitrogens with zero attached hydrogens (tertiary/aromatic N) is 6. The van der Waals surface area contributed by atoms with Crippen LogP contribution in [0.15, 0.2) is 37.1 Å². The molecule has 8 nitrogen and oxygen atoms in total. The molecule has 0 amide bonds. The van der Waals surface area contributed by atoms with E-state index in [2.05, 4.69) is 54.3 Å². The number of hydrogen-bond acceptors (Lipinski definition) is 6. The Hall–Kier alpha value is -3.00. The molecule has 1 saturated heterocycles. The van der Waals surface area contributed by atoms with E-state index in [0.29, 0.717) is 17.4 Å². The Balaban J connectivity index is 1.29. The summed E-state index contributed by atoms with van der Waals surface area (Å²) < 4.78 is 3.94. The fraction of sp³-hybridized carbons (Fsp3) is 0.400. The Labute approximate surface area is 162 Å². The van der Waals surface area contributed by atoms with E-state index in [-0.39, 0.29) is 0 Å². The van der Waals surface area contributed by atoms with Gasteiger partial charge in [0.25, 0.3) is 0 Å². The average molecular weight is 374 g/mol. The molecule has 1 aliphatic carbocycles. The number of aryl methyl sites for hydroxylation is 1. The van der Waals surface area contributed by atoms with E-state index in [9.17, 15) is 0 Å². The van der Waals surface area contributed by atoms with Gasteiger partial charge in [0, 0.05) is 54.5 Å². The summed E-state index contributed by atoms with van der Waals surface area (Å²) in [5, 5.41) is 11.5. The van der Waals surface area contributed by atoms with Crippen LogP contribution in [-0.2, 0) is 6.42 Å². The van der Waals surface area contributed by atoms with Crippen LogP contribution in [0, 0.1) is 5.41 Å². The van der Waals surface area contributed by atoms with E-state index in [1.807, 2.05) is 29.3 Å². The van der Waals surface area contributed by atoms with Crippen molar-refractivity contribution in [2.24, 2.45) is 5.41 Å². The molecule has 0 radical (unpaired) electrons. The first-order valence-corrected chi connectivity index (χ1v) is 9.87. The third-order valence-corrected chi connectivity index (χ3v) is 6.22. The number of rotatable bonds is 4. The van der Waals surface area contributed by atoms with Crippen molar-refractivity contribution in [2.45, 2.75) is 32.2 Å². The SMILES string of the molecule is CCc1cnc2ncc(-c3ccn4nc(NC5CC6(CNC6)C5)ncc34)cn12. The largest absolute Gasteiger partial charge is 0.350 e. The van der Waals surface area contributed by atoms with Gasteiger partial charge in [-0.05, 0) is 30.7 Å². The van der Waals surface area contributed by atoms with Gasteiger partial charge in [-0.2, -0.15) is 0 Å². The Bertz CT molecular complexity index is 1180. The average Bonchev–Trinajstić information content (AvgIpc) is 3.25. The van der Waals surface area contributed by atoms with E-state index in [1.165, 1.54) is 12.8 Å². The van der Waals surface area contributed by atoms with Gasteiger partial charge >= 0.3 is 0 Å². The number of anilines is 1. The molecule has 1 aliphatic heterocycles. The Morgan fingerprint density at radius 2 is 2.04 bits per heavy atom. The monoisotopic (exact) mass is 374 g/mol. The predicted molar refractivity (Wildman–Crippen MR) is 106 cm³/mol. The van der Waals surface area contributed by atoms with Crippen LogP contribution in [0.3, 0.4) is 0 Å². The summed E-state index contributed by atoms with van der Waals surface area (Å²) in [5.74, 6) is 1.42. The van der Waals surface area contributed by atoms with Crippen LogP contribution < -0.4 is 10.6 Å². The van der Waals surface area contributed by atoms with Gasteiger partial charge in [0.15, 0.2) is 0 Å². The second-order valence-corrected chi connectivity index (χ2v) is 8.11. The molecule has 0 unspecified atom stereocenters. The highest BCUT2D eigenvalue weighted by Crippen LogP contribution is 2.45. The third-order valence-electron chi connectivity index (χ3n) is 6.22. The van der Waals surface area contributed by atoms with Crippen molar-refractivity contribution in [3.05, 3.63) is 42.7 Å². The third kappa shape index (κ3) is 2.34. The molecule has 0 aromatic carbocycles. The summed E-state index contributed by atoms with van der Waals surface area (Å²) in [6.07, 6.45) is 13.0. The number of aromatic nitrogens is 6. The minimum atomic E-state index is 0.481. The van der Waals surface area contributed by atoms with Crippen molar-refractivity contribution >= 4 is 17.2 Å². The molecule has 1 saturated carbocycles. The predicted octanol–water partition coefficient (Wildman–Crippen LogP) is 2.17. The Kier molecular flexibility index (Phi) is 3.28. The number of nitrogens with one attached hydrogen (secondary N) is 2. The molecule has 8 heteroatoms. The smallest absolute Gasteiger partial charge is 0.241 e. The molecular weight excluding hydrogens is 352 g/mol. The van der Waals surface area contributed by atoms with Gasteiger partial charge < -0.3 is 10.6 Å². The molecule has 2 aliphatic rings. The molecule has 6 rings (SSSR count). The van der Waals surface area contributed by atoms with E-state index < -0.39 is 0 Å². The maximum absolute atomic E-state index is 4.66. The molecule has 5 heterocycles. The van der Waals surface area contributed by atoms with Gasteiger partial charge in [-0.25, -0.2) is 19.5 Å². The fourth-order valence-electron chi connectivity index (χ4n) is 4.57. The number of imidazole rings is 1. The standard InChI is InChI=1S/C20H22N8/c1-2-15-8-24-19-23-7-13(10-27(15)19)16-3-4-28-17(16)9-22-18(26-28)25-14-5-20(6-14)11-21-12-20/h3-4,7-10,14,21H,2,5-6,11-12H2,1H3,(H,25,26). The summed E-state index contributed by atoms with van der Waals surface area (Å²) >= 11 is 0. The second kappa shape index (κ2) is 5.75. The molecule has 4 aromatic heterocycles. The summed E-state index contributed by atoms with van der Waals surface area (Å²) in [7, 11) is 0. The molecule has 142 valence electrons. The number of hydrogen-bond donors (Lipinski definition) is 2. The minimum Gasteiger partial charge on any atom is -0.350 e. The summed E-state index contributed by atoms with van der Waals surface area (Å²) in [5.41, 5.74) is 4.76. The van der Waals surface area contributed by atoms with E-state index in [1.54, 1.807) is 0 Å². The normalized spacial score (nSPS) is 18.5. The van der Waals surface area contributed by atoms with Gasteiger partial charge in [-0.1, -0.05) is 6.92 Å². The van der Waals surface area contributed by atoms with Crippen LogP contribution in [0.5, 0.6) is 0 Å². The zero-order valence-corrected chi connectivity index (χ0v) is 15.8. The van der Waals surface area contributed by atoms with Crippen LogP contribution in [-0.4, -0.2) is 48.1 Å². The molecule has 28 heavy (non-hydrogen) atoms. The quantitative estimate of drug-likeness (QED) is 0.570. The van der Waals surface area contributed by atoms with Crippen molar-refractivity contribution in [3.8, 4) is 11.1 Å². The lowest BCUT2D eigenvalue weighted by atomic mass is 9.62. The van der Waals surface area contributed by atoms with Gasteiger partial charge in [-0.3, -0.25) is 4.40 Å². The first-order valence-electron chi connectivity index (χ1n) is 9.87. The Morgan fingerprint density at radius 1 is 1.18 bits per heavy atom. The summed E-state index contributed by atoms with van der Waals surface area (Å²) in [6, 6.07) is 2.55. The maximum Gasteiger partial charge on any atom is 0.241 e. The van der Waals surface area contributed by atoms with Crippen LogP contribution in [0.1, 0.15) is 25.5 Å². The molecular formula is C20H22N8. The van der Waals surface area contributed by atoms with Crippen molar-refractivity contribution in [2.75, 3.05) is 18.4 Å². The van der Waals surface area contributed by atoms with Crippen LogP contribution in [0.2, 0.25) is 0 Å². The van der Waals surface area contributed by atoms with E-state index in [0.717, 1.165) is 47.6 Å². The van der Waals surface area contributed by atoms with Crippen molar-refractivity contribution in [3.63, 3.8) is 0 Å². The summed E-state index contributed by atoms with van der Waals surface area (Å²) in [6.45, 7) is 4.43.